The van der Waals surface area contributed by atoms with Crippen LogP contribution in [0.3, 0.4) is 0 Å². The van der Waals surface area contributed by atoms with Crippen molar-refractivity contribution in [3.63, 3.8) is 0 Å². The van der Waals surface area contributed by atoms with Gasteiger partial charge in [0.2, 0.25) is 0 Å². The van der Waals surface area contributed by atoms with Crippen molar-refractivity contribution >= 4 is 17.7 Å². The second kappa shape index (κ2) is 8.14. The van der Waals surface area contributed by atoms with Crippen LogP contribution in [-0.4, -0.2) is 48.6 Å². The first-order chi connectivity index (χ1) is 9.81. The number of hydrogen-bond donors (Lipinski definition) is 2. The van der Waals surface area contributed by atoms with Crippen LogP contribution in [0, 0.1) is 0 Å². The zero-order chi connectivity index (χ0) is 14.2. The summed E-state index contributed by atoms with van der Waals surface area (Å²) in [6, 6.07) is 7.15. The Kier molecular flexibility index (Phi) is 6.17. The fraction of sp³-hybridized carbons (Fsp3) is 0.500. The molecule has 1 aromatic carbocycles. The van der Waals surface area contributed by atoms with Crippen LogP contribution in [-0.2, 0) is 0 Å². The fourth-order valence-corrected chi connectivity index (χ4v) is 3.09. The molecule has 1 saturated heterocycles. The Morgan fingerprint density at radius 2 is 2.20 bits per heavy atom. The third kappa shape index (κ3) is 4.40. The summed E-state index contributed by atoms with van der Waals surface area (Å²) in [5, 5.41) is 0. The number of hydrazine groups is 1. The van der Waals surface area contributed by atoms with E-state index in [1.165, 1.54) is 17.9 Å². The first-order valence-corrected chi connectivity index (χ1v) is 7.99. The van der Waals surface area contributed by atoms with E-state index in [4.69, 9.17) is 10.6 Å². The first kappa shape index (κ1) is 15.2. The van der Waals surface area contributed by atoms with Crippen molar-refractivity contribution in [3.8, 4) is 5.75 Å². The van der Waals surface area contributed by atoms with Crippen molar-refractivity contribution in [2.45, 2.75) is 6.42 Å². The number of rotatable bonds is 5. The predicted molar refractivity (Wildman–Crippen MR) is 82.0 cm³/mol. The predicted octanol–water partition coefficient (Wildman–Crippen LogP) is 1.11. The molecule has 0 radical (unpaired) electrons. The van der Waals surface area contributed by atoms with Gasteiger partial charge in [-0.15, -0.1) is 0 Å². The van der Waals surface area contributed by atoms with Crippen LogP contribution in [0.2, 0.25) is 0 Å². The summed E-state index contributed by atoms with van der Waals surface area (Å²) in [6.45, 7) is 3.71. The Morgan fingerprint density at radius 1 is 1.35 bits per heavy atom. The molecule has 5 nitrogen and oxygen atoms in total. The number of nitrogens with one attached hydrogen (secondary N) is 1. The Labute approximate surface area is 123 Å². The number of para-hydroxylation sites is 1. The van der Waals surface area contributed by atoms with Crippen LogP contribution in [0.5, 0.6) is 5.75 Å². The quantitative estimate of drug-likeness (QED) is 0.484. The molecule has 0 saturated carbocycles. The average molecular weight is 295 g/mol. The van der Waals surface area contributed by atoms with Crippen LogP contribution in [0.15, 0.2) is 24.3 Å². The lowest BCUT2D eigenvalue weighted by molar-refractivity contribution is 0.0949. The molecule has 20 heavy (non-hydrogen) atoms. The largest absolute Gasteiger partial charge is 0.491 e. The molecule has 0 aromatic heterocycles. The molecule has 2 rings (SSSR count). The van der Waals surface area contributed by atoms with Crippen LogP contribution in [0.4, 0.5) is 0 Å². The zero-order valence-electron chi connectivity index (χ0n) is 11.5. The van der Waals surface area contributed by atoms with Gasteiger partial charge in [-0.1, -0.05) is 12.1 Å². The van der Waals surface area contributed by atoms with Gasteiger partial charge in [0.1, 0.15) is 12.4 Å². The summed E-state index contributed by atoms with van der Waals surface area (Å²) in [7, 11) is 0. The van der Waals surface area contributed by atoms with E-state index in [1.807, 2.05) is 17.8 Å². The van der Waals surface area contributed by atoms with Crippen molar-refractivity contribution in [1.29, 1.82) is 0 Å². The van der Waals surface area contributed by atoms with Gasteiger partial charge in [-0.3, -0.25) is 15.1 Å². The molecule has 0 atom stereocenters. The number of benzene rings is 1. The van der Waals surface area contributed by atoms with Gasteiger partial charge in [-0.25, -0.2) is 5.84 Å². The maximum Gasteiger partial charge on any atom is 0.268 e. The van der Waals surface area contributed by atoms with Crippen molar-refractivity contribution in [3.05, 3.63) is 29.8 Å². The summed E-state index contributed by atoms with van der Waals surface area (Å²) in [6.07, 6.45) is 1.23. The van der Waals surface area contributed by atoms with Crippen LogP contribution in [0.25, 0.3) is 0 Å². The number of nitrogens with two attached hydrogens (primary N) is 1. The summed E-state index contributed by atoms with van der Waals surface area (Å²) in [4.78, 5) is 14.0. The lowest BCUT2D eigenvalue weighted by Gasteiger charge is -2.19. The highest BCUT2D eigenvalue weighted by Crippen LogP contribution is 2.17. The second-order valence-electron chi connectivity index (χ2n) is 4.63. The van der Waals surface area contributed by atoms with E-state index in [-0.39, 0.29) is 5.91 Å². The highest BCUT2D eigenvalue weighted by atomic mass is 32.2. The van der Waals surface area contributed by atoms with Crippen molar-refractivity contribution in [2.24, 2.45) is 5.84 Å². The molecule has 6 heteroatoms. The Bertz CT molecular complexity index is 434. The van der Waals surface area contributed by atoms with E-state index in [1.54, 1.807) is 18.2 Å². The fourth-order valence-electron chi connectivity index (χ4n) is 2.16. The van der Waals surface area contributed by atoms with Crippen LogP contribution >= 0.6 is 11.8 Å². The Hall–Kier alpha value is -1.24. The van der Waals surface area contributed by atoms with Crippen LogP contribution < -0.4 is 16.0 Å². The van der Waals surface area contributed by atoms with Gasteiger partial charge in [-0.05, 0) is 30.9 Å². The van der Waals surface area contributed by atoms with Gasteiger partial charge in [-0.2, -0.15) is 11.8 Å². The Morgan fingerprint density at radius 3 is 3.05 bits per heavy atom. The smallest absolute Gasteiger partial charge is 0.268 e. The monoisotopic (exact) mass is 295 g/mol. The van der Waals surface area contributed by atoms with Gasteiger partial charge in [0.05, 0.1) is 5.56 Å². The topological polar surface area (TPSA) is 67.6 Å². The SMILES string of the molecule is NNC(=O)c1ccccc1OCCN1CCCSCC1. The number of carbonyl (C=O) groups excluding carboxylic acids is 1. The minimum Gasteiger partial charge on any atom is -0.491 e. The summed E-state index contributed by atoms with van der Waals surface area (Å²) < 4.78 is 5.74. The number of hydrogen-bond acceptors (Lipinski definition) is 5. The molecule has 0 spiro atoms. The van der Waals surface area contributed by atoms with E-state index in [0.717, 1.165) is 19.6 Å². The molecule has 1 fully saturated rings. The van der Waals surface area contributed by atoms with Gasteiger partial charge < -0.3 is 4.74 Å². The molecule has 3 N–H and O–H groups in total. The normalized spacial score (nSPS) is 16.4. The van der Waals surface area contributed by atoms with E-state index < -0.39 is 0 Å². The molecule has 0 bridgehead atoms. The van der Waals surface area contributed by atoms with Gasteiger partial charge in [0.25, 0.3) is 5.91 Å². The minimum atomic E-state index is -0.327. The average Bonchev–Trinajstić information content (AvgIpc) is 2.76. The standard InChI is InChI=1S/C14H21N3O2S/c15-16-14(18)12-4-1-2-5-13(12)19-9-7-17-6-3-10-20-11-8-17/h1-2,4-5H,3,6-11,15H2,(H,16,18). The van der Waals surface area contributed by atoms with E-state index >= 15 is 0 Å². The maximum atomic E-state index is 11.6. The lowest BCUT2D eigenvalue weighted by Crippen LogP contribution is -2.32. The van der Waals surface area contributed by atoms with Gasteiger partial charge in [0, 0.05) is 18.8 Å². The molecular formula is C14H21N3O2S. The zero-order valence-corrected chi connectivity index (χ0v) is 12.3. The number of nitrogen functional groups attached to an aromatic ring is 1. The lowest BCUT2D eigenvalue weighted by atomic mass is 10.2. The van der Waals surface area contributed by atoms with Gasteiger partial charge >= 0.3 is 0 Å². The molecule has 1 heterocycles. The summed E-state index contributed by atoms with van der Waals surface area (Å²) >= 11 is 2.01. The first-order valence-electron chi connectivity index (χ1n) is 6.84. The van der Waals surface area contributed by atoms with Crippen molar-refractivity contribution in [1.82, 2.24) is 10.3 Å². The van der Waals surface area contributed by atoms with E-state index in [9.17, 15) is 4.79 Å². The number of thioether (sulfide) groups is 1. The molecular weight excluding hydrogens is 274 g/mol. The molecule has 0 unspecified atom stereocenters. The molecule has 1 aliphatic rings. The molecule has 1 amide bonds. The molecule has 1 aromatic rings. The van der Waals surface area contributed by atoms with Crippen molar-refractivity contribution in [2.75, 3.05) is 37.7 Å². The molecule has 1 aliphatic heterocycles. The molecule has 110 valence electrons. The van der Waals surface area contributed by atoms with Crippen LogP contribution in [0.1, 0.15) is 16.8 Å². The van der Waals surface area contributed by atoms with E-state index in [2.05, 4.69) is 10.3 Å². The number of carbonyl (C=O) groups is 1. The Balaban J connectivity index is 1.85. The minimum absolute atomic E-state index is 0.327. The van der Waals surface area contributed by atoms with E-state index in [0.29, 0.717) is 17.9 Å². The highest BCUT2D eigenvalue weighted by molar-refractivity contribution is 7.99. The van der Waals surface area contributed by atoms with Gasteiger partial charge in [0.15, 0.2) is 0 Å². The number of amides is 1. The van der Waals surface area contributed by atoms with Crippen molar-refractivity contribution < 1.29 is 9.53 Å². The third-order valence-electron chi connectivity index (χ3n) is 3.24. The highest BCUT2D eigenvalue weighted by Gasteiger charge is 2.12. The summed E-state index contributed by atoms with van der Waals surface area (Å²) in [5.74, 6) is 7.86. The third-order valence-corrected chi connectivity index (χ3v) is 4.29. The molecule has 0 aliphatic carbocycles. The maximum absolute atomic E-state index is 11.6. The summed E-state index contributed by atoms with van der Waals surface area (Å²) in [5.41, 5.74) is 2.61. The number of nitrogens with zero attached hydrogens (tertiary/aromatic N) is 1. The second-order valence-corrected chi connectivity index (χ2v) is 5.85. The number of ether oxygens (including phenoxy) is 1.